The molecule has 2 rings (SSSR count). The van der Waals surface area contributed by atoms with E-state index in [-0.39, 0.29) is 13.2 Å². The third kappa shape index (κ3) is 16.8. The molecule has 2 aliphatic rings. The van der Waals surface area contributed by atoms with Crippen molar-refractivity contribution in [2.75, 3.05) is 82.8 Å². The van der Waals surface area contributed by atoms with Crippen LogP contribution in [0.25, 0.3) is 0 Å². The van der Waals surface area contributed by atoms with E-state index in [0.717, 1.165) is 32.1 Å². The molecular formula is C40H77N2O13P. The molecule has 2 fully saturated rings. The third-order valence-corrected chi connectivity index (χ3v) is 12.3. The van der Waals surface area contributed by atoms with Crippen LogP contribution in [-0.2, 0) is 61.2 Å². The fourth-order valence-electron chi connectivity index (χ4n) is 7.51. The SMILES string of the molecule is COC[C@H]1O[C@@H](O[C@H]2[C@H](OC)[C@@H](OC)[C@H](OCCCCCCCCCCCCOP(OCCC#N)N(C(C)C)C(C)C)O[C@@H]2COC)[C@H](OC)[C@@H](OC)[C@@H]1OC. The number of rotatable bonds is 32. The standard InChI is InChI=1S/C40H77N2O13P/c1-29(2)42(30(3)4)56(52-26-22-23-41)51-25-21-19-17-15-13-12-14-16-18-20-24-50-39-37(48-10)36(47-9)34(32(53-39)28-44-6)55-40-38(49-11)35(46-8)33(45-7)31(54-40)27-43-5/h29-40H,12-22,24-28H2,1-11H3/t31-,32-,33-,34-,35+,36+,37-,38-,39-,40+,56?/m1/s1. The van der Waals surface area contributed by atoms with E-state index in [0.29, 0.717) is 38.3 Å². The minimum atomic E-state index is -1.15. The lowest BCUT2D eigenvalue weighted by molar-refractivity contribution is -0.367. The summed E-state index contributed by atoms with van der Waals surface area (Å²) in [6, 6.07) is 2.79. The summed E-state index contributed by atoms with van der Waals surface area (Å²) in [6.45, 7) is 10.8. The molecule has 11 atom stereocenters. The molecule has 0 aromatic rings. The van der Waals surface area contributed by atoms with E-state index >= 15 is 0 Å². The number of methoxy groups -OCH3 is 7. The van der Waals surface area contributed by atoms with Crippen LogP contribution in [0.2, 0.25) is 0 Å². The molecule has 2 aliphatic heterocycles. The first kappa shape index (κ1) is 51.5. The maximum absolute atomic E-state index is 8.91. The smallest absolute Gasteiger partial charge is 0.259 e. The summed E-state index contributed by atoms with van der Waals surface area (Å²) in [5, 5.41) is 8.91. The van der Waals surface area contributed by atoms with E-state index in [1.165, 1.54) is 32.1 Å². The van der Waals surface area contributed by atoms with Gasteiger partial charge in [0.25, 0.3) is 8.53 Å². The zero-order valence-corrected chi connectivity index (χ0v) is 37.3. The van der Waals surface area contributed by atoms with Gasteiger partial charge in [-0.15, -0.1) is 0 Å². The van der Waals surface area contributed by atoms with Gasteiger partial charge in [0, 0.05) is 68.5 Å². The van der Waals surface area contributed by atoms with Crippen LogP contribution in [0.15, 0.2) is 0 Å². The number of hydrogen-bond acceptors (Lipinski definition) is 15. The predicted molar refractivity (Wildman–Crippen MR) is 213 cm³/mol. The Hall–Kier alpha value is -0.640. The van der Waals surface area contributed by atoms with E-state index in [1.807, 2.05) is 0 Å². The molecule has 15 nitrogen and oxygen atoms in total. The molecule has 2 heterocycles. The zero-order valence-electron chi connectivity index (χ0n) is 36.4. The Morgan fingerprint density at radius 1 is 0.536 bits per heavy atom. The van der Waals surface area contributed by atoms with Crippen molar-refractivity contribution < 1.29 is 61.2 Å². The summed E-state index contributed by atoms with van der Waals surface area (Å²) in [6.07, 6.45) is 6.06. The molecule has 0 aromatic carbocycles. The summed E-state index contributed by atoms with van der Waals surface area (Å²) in [5.41, 5.74) is 0. The molecule has 0 spiro atoms. The van der Waals surface area contributed by atoms with Gasteiger partial charge < -0.3 is 61.2 Å². The second-order valence-electron chi connectivity index (χ2n) is 14.9. The van der Waals surface area contributed by atoms with Crippen molar-refractivity contribution in [2.45, 2.75) is 172 Å². The quantitative estimate of drug-likeness (QED) is 0.0544. The Labute approximate surface area is 339 Å². The van der Waals surface area contributed by atoms with Crippen LogP contribution in [-0.4, -0.2) is 161 Å². The maximum Gasteiger partial charge on any atom is 0.259 e. The average molecular weight is 825 g/mol. The lowest BCUT2D eigenvalue weighted by Gasteiger charge is -2.49. The van der Waals surface area contributed by atoms with Crippen molar-refractivity contribution in [3.8, 4) is 6.07 Å². The molecule has 0 N–H and O–H groups in total. The molecule has 2 saturated heterocycles. The lowest BCUT2D eigenvalue weighted by Crippen LogP contribution is -2.66. The molecule has 0 aliphatic carbocycles. The van der Waals surface area contributed by atoms with Gasteiger partial charge in [-0.2, -0.15) is 5.26 Å². The number of nitrogens with zero attached hydrogens (tertiary/aromatic N) is 2. The Kier molecular flexibility index (Phi) is 28.0. The molecule has 56 heavy (non-hydrogen) atoms. The molecule has 1 unspecified atom stereocenters. The van der Waals surface area contributed by atoms with Crippen LogP contribution < -0.4 is 0 Å². The normalized spacial score (nSPS) is 29.0. The summed E-state index contributed by atoms with van der Waals surface area (Å²) < 4.78 is 80.4. The average Bonchev–Trinajstić information content (AvgIpc) is 3.17. The highest BCUT2D eigenvalue weighted by Crippen LogP contribution is 2.46. The highest BCUT2D eigenvalue weighted by molar-refractivity contribution is 7.44. The molecular weight excluding hydrogens is 747 g/mol. The van der Waals surface area contributed by atoms with Gasteiger partial charge in [-0.3, -0.25) is 0 Å². The second-order valence-corrected chi connectivity index (χ2v) is 16.3. The van der Waals surface area contributed by atoms with Gasteiger partial charge in [0.2, 0.25) is 0 Å². The van der Waals surface area contributed by atoms with Crippen LogP contribution in [0.3, 0.4) is 0 Å². The van der Waals surface area contributed by atoms with Crippen LogP contribution in [0.1, 0.15) is 98.3 Å². The van der Waals surface area contributed by atoms with Gasteiger partial charge >= 0.3 is 0 Å². The number of ether oxygens (including phenoxy) is 11. The Morgan fingerprint density at radius 3 is 1.45 bits per heavy atom. The van der Waals surface area contributed by atoms with Crippen LogP contribution in [0.5, 0.6) is 0 Å². The monoisotopic (exact) mass is 825 g/mol. The van der Waals surface area contributed by atoms with Gasteiger partial charge in [-0.25, -0.2) is 4.67 Å². The van der Waals surface area contributed by atoms with E-state index in [1.54, 1.807) is 49.8 Å². The molecule has 0 amide bonds. The maximum atomic E-state index is 8.91. The first-order chi connectivity index (χ1) is 27.2. The largest absolute Gasteiger partial charge is 0.382 e. The lowest BCUT2D eigenvalue weighted by atomic mass is 9.96. The fourth-order valence-corrected chi connectivity index (χ4v) is 9.14. The van der Waals surface area contributed by atoms with E-state index in [9.17, 15) is 0 Å². The summed E-state index contributed by atoms with van der Waals surface area (Å²) in [4.78, 5) is 0. The van der Waals surface area contributed by atoms with Gasteiger partial charge in [-0.05, 0) is 40.5 Å². The fraction of sp³-hybridized carbons (Fsp3) is 0.975. The number of nitriles is 1. The van der Waals surface area contributed by atoms with Gasteiger partial charge in [0.05, 0.1) is 38.9 Å². The van der Waals surface area contributed by atoms with Crippen molar-refractivity contribution in [1.29, 1.82) is 5.26 Å². The molecule has 0 bridgehead atoms. The van der Waals surface area contributed by atoms with Gasteiger partial charge in [0.1, 0.15) is 48.8 Å². The van der Waals surface area contributed by atoms with Crippen molar-refractivity contribution in [3.05, 3.63) is 0 Å². The highest BCUT2D eigenvalue weighted by Gasteiger charge is 2.53. The van der Waals surface area contributed by atoms with E-state index in [2.05, 4.69) is 38.4 Å². The highest BCUT2D eigenvalue weighted by atomic mass is 31.2. The molecule has 16 heteroatoms. The second kappa shape index (κ2) is 30.4. The van der Waals surface area contributed by atoms with Crippen molar-refractivity contribution >= 4 is 8.53 Å². The minimum Gasteiger partial charge on any atom is -0.382 e. The summed E-state index contributed by atoms with van der Waals surface area (Å²) in [7, 11) is 10.1. The van der Waals surface area contributed by atoms with Gasteiger partial charge in [-0.1, -0.05) is 51.4 Å². The molecule has 330 valence electrons. The van der Waals surface area contributed by atoms with Crippen molar-refractivity contribution in [2.24, 2.45) is 0 Å². The Bertz CT molecular complexity index is 1010. The Morgan fingerprint density at radius 2 is 0.964 bits per heavy atom. The third-order valence-electron chi connectivity index (χ3n) is 10.2. The number of hydrogen-bond donors (Lipinski definition) is 0. The Balaban J connectivity index is 1.75. The van der Waals surface area contributed by atoms with Crippen LogP contribution >= 0.6 is 8.53 Å². The number of unbranched alkanes of at least 4 members (excludes halogenated alkanes) is 9. The molecule has 0 saturated carbocycles. The predicted octanol–water partition coefficient (Wildman–Crippen LogP) is 6.40. The minimum absolute atomic E-state index is 0.241. The van der Waals surface area contributed by atoms with Crippen LogP contribution in [0, 0.1) is 11.3 Å². The first-order valence-electron chi connectivity index (χ1n) is 20.6. The summed E-state index contributed by atoms with van der Waals surface area (Å²) >= 11 is 0. The van der Waals surface area contributed by atoms with Crippen molar-refractivity contribution in [3.63, 3.8) is 0 Å². The topological polar surface area (TPSA) is 147 Å². The summed E-state index contributed by atoms with van der Waals surface area (Å²) in [5.74, 6) is 0. The van der Waals surface area contributed by atoms with Crippen molar-refractivity contribution in [1.82, 2.24) is 4.67 Å². The molecule has 0 radical (unpaired) electrons. The molecule has 0 aromatic heterocycles. The van der Waals surface area contributed by atoms with E-state index in [4.69, 9.17) is 66.4 Å². The zero-order chi connectivity index (χ0) is 41.3. The van der Waals surface area contributed by atoms with Gasteiger partial charge in [0.15, 0.2) is 12.6 Å². The first-order valence-corrected chi connectivity index (χ1v) is 21.7. The van der Waals surface area contributed by atoms with Crippen LogP contribution in [0.4, 0.5) is 0 Å². The van der Waals surface area contributed by atoms with E-state index < -0.39 is 69.9 Å².